The summed E-state index contributed by atoms with van der Waals surface area (Å²) in [6, 6.07) is 9.89. The highest BCUT2D eigenvalue weighted by molar-refractivity contribution is 5.62. The van der Waals surface area contributed by atoms with Gasteiger partial charge in [-0.1, -0.05) is 44.2 Å². The maximum Gasteiger partial charge on any atom is 0.330 e. The van der Waals surface area contributed by atoms with Gasteiger partial charge in [0.1, 0.15) is 11.5 Å². The Hall–Kier alpha value is -2.54. The first-order valence-electron chi connectivity index (χ1n) is 8.84. The van der Waals surface area contributed by atoms with Crippen LogP contribution in [0, 0.1) is 5.92 Å². The number of hydrogen-bond acceptors (Lipinski definition) is 5. The Balaban J connectivity index is 2.45. The second-order valence-corrected chi connectivity index (χ2v) is 6.73. The molecule has 1 aromatic heterocycles. The highest BCUT2D eigenvalue weighted by Crippen LogP contribution is 2.20. The van der Waals surface area contributed by atoms with Gasteiger partial charge in [0.25, 0.3) is 5.56 Å². The monoisotopic (exact) mass is 360 g/mol. The fourth-order valence-corrected chi connectivity index (χ4v) is 2.78. The molecule has 0 fully saturated rings. The molecule has 0 aliphatic carbocycles. The lowest BCUT2D eigenvalue weighted by Crippen LogP contribution is -2.39. The zero-order chi connectivity index (χ0) is 19.1. The number of H-pyrrole nitrogens is 1. The minimum atomic E-state index is -0.517. The fraction of sp³-hybridized carbons (Fsp3) is 0.474. The number of ether oxygens (including phenoxy) is 1. The molecule has 0 aliphatic rings. The number of benzene rings is 1. The summed E-state index contributed by atoms with van der Waals surface area (Å²) in [6.45, 7) is 6.10. The van der Waals surface area contributed by atoms with Gasteiger partial charge in [0.05, 0.1) is 13.2 Å². The topological polar surface area (TPSA) is 93.3 Å². The van der Waals surface area contributed by atoms with E-state index >= 15 is 0 Å². The summed E-state index contributed by atoms with van der Waals surface area (Å²) in [6.07, 6.45) is 0.906. The van der Waals surface area contributed by atoms with Crippen LogP contribution in [0.4, 0.5) is 11.5 Å². The molecule has 7 heteroatoms. The summed E-state index contributed by atoms with van der Waals surface area (Å²) in [5.41, 5.74) is 6.67. The second-order valence-electron chi connectivity index (χ2n) is 6.73. The molecule has 0 atom stereocenters. The molecule has 0 saturated heterocycles. The van der Waals surface area contributed by atoms with Crippen LogP contribution in [-0.2, 0) is 17.8 Å². The van der Waals surface area contributed by atoms with Gasteiger partial charge in [-0.3, -0.25) is 14.3 Å². The van der Waals surface area contributed by atoms with Gasteiger partial charge >= 0.3 is 5.69 Å². The minimum Gasteiger partial charge on any atom is -0.383 e. The van der Waals surface area contributed by atoms with E-state index in [0.29, 0.717) is 31.3 Å². The van der Waals surface area contributed by atoms with Crippen molar-refractivity contribution in [3.63, 3.8) is 0 Å². The molecule has 0 saturated carbocycles. The lowest BCUT2D eigenvalue weighted by Gasteiger charge is -2.27. The molecule has 7 nitrogen and oxygen atoms in total. The van der Waals surface area contributed by atoms with Crippen molar-refractivity contribution in [2.45, 2.75) is 33.4 Å². The van der Waals surface area contributed by atoms with Gasteiger partial charge in [0, 0.05) is 20.2 Å². The zero-order valence-electron chi connectivity index (χ0n) is 15.7. The van der Waals surface area contributed by atoms with Crippen LogP contribution < -0.4 is 21.9 Å². The molecular weight excluding hydrogens is 332 g/mol. The highest BCUT2D eigenvalue weighted by Gasteiger charge is 2.19. The second kappa shape index (κ2) is 9.24. The number of anilines is 2. The Morgan fingerprint density at radius 2 is 1.92 bits per heavy atom. The number of aromatic nitrogens is 2. The van der Waals surface area contributed by atoms with Crippen LogP contribution in [0.15, 0.2) is 39.9 Å². The van der Waals surface area contributed by atoms with Crippen LogP contribution in [0.25, 0.3) is 0 Å². The van der Waals surface area contributed by atoms with Gasteiger partial charge in [0.15, 0.2) is 0 Å². The van der Waals surface area contributed by atoms with Crippen LogP contribution >= 0.6 is 0 Å². The van der Waals surface area contributed by atoms with Crippen molar-refractivity contribution < 1.29 is 4.74 Å². The fourth-order valence-electron chi connectivity index (χ4n) is 2.78. The van der Waals surface area contributed by atoms with Crippen LogP contribution in [0.5, 0.6) is 0 Å². The van der Waals surface area contributed by atoms with E-state index in [2.05, 4.69) is 18.8 Å². The third kappa shape index (κ3) is 4.98. The smallest absolute Gasteiger partial charge is 0.330 e. The molecular formula is C19H28N4O3. The number of aromatic amines is 1. The van der Waals surface area contributed by atoms with Gasteiger partial charge in [-0.25, -0.2) is 4.79 Å². The Kier molecular flexibility index (Phi) is 7.03. The standard InChI is InChI=1S/C19H28N4O3/c1-14(2)9-10-22(13-15-7-5-4-6-8-15)16-17(20)23(11-12-26-3)19(25)21-18(16)24/h4-8,14H,9-13,20H2,1-3H3,(H,21,24,25). The van der Waals surface area contributed by atoms with Crippen molar-refractivity contribution in [1.82, 2.24) is 9.55 Å². The predicted molar refractivity (Wildman–Crippen MR) is 105 cm³/mol. The summed E-state index contributed by atoms with van der Waals surface area (Å²) in [5.74, 6) is 0.656. The van der Waals surface area contributed by atoms with Crippen LogP contribution in [0.3, 0.4) is 0 Å². The van der Waals surface area contributed by atoms with Gasteiger partial charge in [-0.05, 0) is 17.9 Å². The van der Waals surface area contributed by atoms with E-state index in [1.54, 1.807) is 7.11 Å². The minimum absolute atomic E-state index is 0.176. The number of nitrogen functional groups attached to an aromatic ring is 1. The van der Waals surface area contributed by atoms with Gasteiger partial charge in [-0.2, -0.15) is 0 Å². The number of nitrogens with zero attached hydrogens (tertiary/aromatic N) is 2. The first kappa shape index (κ1) is 19.8. The molecule has 0 unspecified atom stereocenters. The molecule has 0 spiro atoms. The van der Waals surface area contributed by atoms with E-state index in [9.17, 15) is 9.59 Å². The molecule has 142 valence electrons. The third-order valence-electron chi connectivity index (χ3n) is 4.24. The average Bonchev–Trinajstić information content (AvgIpc) is 2.60. The maximum absolute atomic E-state index is 12.5. The van der Waals surface area contributed by atoms with Crippen molar-refractivity contribution in [1.29, 1.82) is 0 Å². The van der Waals surface area contributed by atoms with Crippen LogP contribution in [0.2, 0.25) is 0 Å². The van der Waals surface area contributed by atoms with Gasteiger partial charge in [-0.15, -0.1) is 0 Å². The van der Waals surface area contributed by atoms with E-state index in [1.807, 2.05) is 35.2 Å². The summed E-state index contributed by atoms with van der Waals surface area (Å²) in [7, 11) is 1.55. The number of nitrogens with one attached hydrogen (secondary N) is 1. The van der Waals surface area contributed by atoms with Crippen molar-refractivity contribution in [2.24, 2.45) is 5.92 Å². The summed E-state index contributed by atoms with van der Waals surface area (Å²) < 4.78 is 6.39. The number of hydrogen-bond donors (Lipinski definition) is 2. The number of rotatable bonds is 9. The largest absolute Gasteiger partial charge is 0.383 e. The molecule has 1 aromatic carbocycles. The SMILES string of the molecule is COCCn1c(N)c(N(CCC(C)C)Cc2ccccc2)c(=O)[nH]c1=O. The number of methoxy groups -OCH3 is 1. The van der Waals surface area contributed by atoms with E-state index < -0.39 is 11.2 Å². The van der Waals surface area contributed by atoms with E-state index in [4.69, 9.17) is 10.5 Å². The van der Waals surface area contributed by atoms with Gasteiger partial charge in [0.2, 0.25) is 0 Å². The molecule has 0 aliphatic heterocycles. The normalized spacial score (nSPS) is 11.1. The third-order valence-corrected chi connectivity index (χ3v) is 4.24. The lowest BCUT2D eigenvalue weighted by molar-refractivity contribution is 0.186. The molecule has 0 radical (unpaired) electrons. The Labute approximate surface area is 153 Å². The van der Waals surface area contributed by atoms with Crippen molar-refractivity contribution in [2.75, 3.05) is 30.9 Å². The summed E-state index contributed by atoms with van der Waals surface area (Å²) >= 11 is 0. The van der Waals surface area contributed by atoms with Crippen molar-refractivity contribution in [3.8, 4) is 0 Å². The average molecular weight is 360 g/mol. The van der Waals surface area contributed by atoms with Crippen molar-refractivity contribution in [3.05, 3.63) is 56.7 Å². The van der Waals surface area contributed by atoms with Crippen molar-refractivity contribution >= 4 is 11.5 Å². The van der Waals surface area contributed by atoms with Crippen LogP contribution in [-0.4, -0.2) is 29.8 Å². The molecule has 1 heterocycles. The summed E-state index contributed by atoms with van der Waals surface area (Å²) in [4.78, 5) is 29.0. The van der Waals surface area contributed by atoms with Gasteiger partial charge < -0.3 is 15.4 Å². The first-order chi connectivity index (χ1) is 12.4. The quantitative estimate of drug-likeness (QED) is 0.711. The van der Waals surface area contributed by atoms with E-state index in [0.717, 1.165) is 12.0 Å². The Bertz CT molecular complexity index is 812. The molecule has 2 aromatic rings. The highest BCUT2D eigenvalue weighted by atomic mass is 16.5. The Morgan fingerprint density at radius 3 is 2.54 bits per heavy atom. The zero-order valence-corrected chi connectivity index (χ0v) is 15.7. The molecule has 3 N–H and O–H groups in total. The lowest BCUT2D eigenvalue weighted by atomic mass is 10.1. The summed E-state index contributed by atoms with van der Waals surface area (Å²) in [5, 5.41) is 0. The molecule has 26 heavy (non-hydrogen) atoms. The predicted octanol–water partition coefficient (Wildman–Crippen LogP) is 1.82. The molecule has 2 rings (SSSR count). The number of nitrogens with two attached hydrogens (primary N) is 1. The first-order valence-corrected chi connectivity index (χ1v) is 8.84. The molecule has 0 bridgehead atoms. The van der Waals surface area contributed by atoms with Crippen LogP contribution in [0.1, 0.15) is 25.8 Å². The van der Waals surface area contributed by atoms with E-state index in [-0.39, 0.29) is 12.4 Å². The maximum atomic E-state index is 12.5. The molecule has 0 amide bonds. The Morgan fingerprint density at radius 1 is 1.23 bits per heavy atom. The van der Waals surface area contributed by atoms with E-state index in [1.165, 1.54) is 4.57 Å².